The van der Waals surface area contributed by atoms with E-state index in [4.69, 9.17) is 27.9 Å². The minimum absolute atomic E-state index is 0.0449. The number of imidazole rings is 1. The van der Waals surface area contributed by atoms with E-state index in [1.807, 2.05) is 0 Å². The van der Waals surface area contributed by atoms with Crippen molar-refractivity contribution in [1.29, 1.82) is 0 Å². The van der Waals surface area contributed by atoms with Crippen LogP contribution in [-0.2, 0) is 17.9 Å². The number of pyridine rings is 1. The van der Waals surface area contributed by atoms with Crippen molar-refractivity contribution in [3.05, 3.63) is 51.7 Å². The van der Waals surface area contributed by atoms with Gasteiger partial charge in [-0.2, -0.15) is 5.10 Å². The fourth-order valence-electron chi connectivity index (χ4n) is 2.55. The van der Waals surface area contributed by atoms with E-state index in [1.165, 1.54) is 0 Å². The van der Waals surface area contributed by atoms with Crippen molar-refractivity contribution in [2.24, 2.45) is 5.92 Å². The van der Waals surface area contributed by atoms with Crippen LogP contribution in [0.3, 0.4) is 0 Å². The molecule has 3 rings (SSSR count). The standard InChI is InChI=1S/C17H18Cl2N4O2/c1-10(2)6-23-16(19)15(11(3)21-23)17(24)25-9-13-8-22-7-12(18)4-5-14(22)20-13/h4-5,7-8,10H,6,9H2,1-3H3. The van der Waals surface area contributed by atoms with E-state index >= 15 is 0 Å². The molecule has 25 heavy (non-hydrogen) atoms. The molecular weight excluding hydrogens is 363 g/mol. The second kappa shape index (κ2) is 7.06. The average Bonchev–Trinajstić information content (AvgIpc) is 3.05. The molecule has 0 saturated heterocycles. The van der Waals surface area contributed by atoms with Gasteiger partial charge in [0.15, 0.2) is 0 Å². The van der Waals surface area contributed by atoms with Crippen molar-refractivity contribution in [1.82, 2.24) is 19.2 Å². The Morgan fingerprint density at radius 3 is 2.76 bits per heavy atom. The van der Waals surface area contributed by atoms with Gasteiger partial charge in [-0.1, -0.05) is 37.0 Å². The van der Waals surface area contributed by atoms with E-state index in [9.17, 15) is 4.79 Å². The van der Waals surface area contributed by atoms with Gasteiger partial charge in [-0.25, -0.2) is 9.78 Å². The zero-order valence-electron chi connectivity index (χ0n) is 14.2. The molecule has 0 saturated carbocycles. The van der Waals surface area contributed by atoms with Crippen LogP contribution >= 0.6 is 23.2 Å². The van der Waals surface area contributed by atoms with Gasteiger partial charge in [0.1, 0.15) is 23.0 Å². The SMILES string of the molecule is Cc1nn(CC(C)C)c(Cl)c1C(=O)OCc1cn2cc(Cl)ccc2n1. The third-order valence-corrected chi connectivity index (χ3v) is 4.23. The molecule has 0 bridgehead atoms. The van der Waals surface area contributed by atoms with E-state index in [1.54, 1.807) is 40.5 Å². The van der Waals surface area contributed by atoms with Crippen molar-refractivity contribution in [3.8, 4) is 0 Å². The lowest BCUT2D eigenvalue weighted by atomic mass is 10.2. The van der Waals surface area contributed by atoms with Crippen LogP contribution in [0.4, 0.5) is 0 Å². The van der Waals surface area contributed by atoms with E-state index in [-0.39, 0.29) is 6.61 Å². The Hall–Kier alpha value is -2.05. The number of carbonyl (C=O) groups is 1. The predicted octanol–water partition coefficient (Wildman–Crippen LogP) is 4.16. The lowest BCUT2D eigenvalue weighted by Crippen LogP contribution is -2.08. The normalized spacial score (nSPS) is 11.4. The summed E-state index contributed by atoms with van der Waals surface area (Å²) in [5.74, 6) is -0.141. The van der Waals surface area contributed by atoms with Gasteiger partial charge in [0.2, 0.25) is 0 Å². The maximum Gasteiger partial charge on any atom is 0.343 e. The molecule has 3 aromatic rings. The quantitative estimate of drug-likeness (QED) is 0.623. The summed E-state index contributed by atoms with van der Waals surface area (Å²) in [7, 11) is 0. The van der Waals surface area contributed by atoms with Gasteiger partial charge in [-0.3, -0.25) is 4.68 Å². The van der Waals surface area contributed by atoms with Crippen LogP contribution in [-0.4, -0.2) is 25.1 Å². The second-order valence-corrected chi connectivity index (χ2v) is 7.04. The Labute approximate surface area is 155 Å². The van der Waals surface area contributed by atoms with Crippen LogP contribution in [0.1, 0.15) is 35.6 Å². The summed E-state index contributed by atoms with van der Waals surface area (Å²) < 4.78 is 8.78. The third kappa shape index (κ3) is 3.80. The fourth-order valence-corrected chi connectivity index (χ4v) is 3.04. The summed E-state index contributed by atoms with van der Waals surface area (Å²) in [5, 5.41) is 5.23. The molecule has 0 aliphatic rings. The van der Waals surface area contributed by atoms with Crippen molar-refractivity contribution in [2.45, 2.75) is 33.9 Å². The highest BCUT2D eigenvalue weighted by molar-refractivity contribution is 6.32. The zero-order chi connectivity index (χ0) is 18.1. The summed E-state index contributed by atoms with van der Waals surface area (Å²) >= 11 is 12.2. The molecule has 0 unspecified atom stereocenters. The zero-order valence-corrected chi connectivity index (χ0v) is 15.7. The van der Waals surface area contributed by atoms with Crippen LogP contribution in [0.2, 0.25) is 10.2 Å². The molecule has 0 aliphatic heterocycles. The number of esters is 1. The Bertz CT molecular complexity index is 930. The second-order valence-electron chi connectivity index (χ2n) is 6.25. The first-order valence-electron chi connectivity index (χ1n) is 7.88. The maximum atomic E-state index is 12.4. The third-order valence-electron chi connectivity index (χ3n) is 3.62. The largest absolute Gasteiger partial charge is 0.455 e. The highest BCUT2D eigenvalue weighted by Gasteiger charge is 2.22. The maximum absolute atomic E-state index is 12.4. The first-order chi connectivity index (χ1) is 11.8. The molecule has 0 spiro atoms. The number of carbonyl (C=O) groups excluding carboxylic acids is 1. The van der Waals surface area contributed by atoms with Crippen LogP contribution in [0, 0.1) is 12.8 Å². The molecule has 0 radical (unpaired) electrons. The smallest absolute Gasteiger partial charge is 0.343 e. The lowest BCUT2D eigenvalue weighted by molar-refractivity contribution is 0.0467. The van der Waals surface area contributed by atoms with Crippen molar-refractivity contribution in [2.75, 3.05) is 0 Å². The summed E-state index contributed by atoms with van der Waals surface area (Å²) in [6.45, 7) is 6.54. The molecule has 0 fully saturated rings. The highest BCUT2D eigenvalue weighted by Crippen LogP contribution is 2.22. The highest BCUT2D eigenvalue weighted by atomic mass is 35.5. The first-order valence-corrected chi connectivity index (χ1v) is 8.64. The predicted molar refractivity (Wildman–Crippen MR) is 96.1 cm³/mol. The molecule has 0 aromatic carbocycles. The lowest BCUT2D eigenvalue weighted by Gasteiger charge is -2.06. The molecular formula is C17H18Cl2N4O2. The van der Waals surface area contributed by atoms with Gasteiger partial charge in [-0.05, 0) is 25.0 Å². The minimum Gasteiger partial charge on any atom is -0.455 e. The van der Waals surface area contributed by atoms with E-state index in [2.05, 4.69) is 23.9 Å². The number of aryl methyl sites for hydroxylation is 1. The number of ether oxygens (including phenoxy) is 1. The van der Waals surface area contributed by atoms with E-state index in [0.717, 1.165) is 5.65 Å². The van der Waals surface area contributed by atoms with E-state index < -0.39 is 5.97 Å². The van der Waals surface area contributed by atoms with Gasteiger partial charge in [-0.15, -0.1) is 0 Å². The van der Waals surface area contributed by atoms with Crippen molar-refractivity contribution >= 4 is 34.8 Å². The van der Waals surface area contributed by atoms with Gasteiger partial charge in [0, 0.05) is 18.9 Å². The van der Waals surface area contributed by atoms with Crippen molar-refractivity contribution < 1.29 is 9.53 Å². The molecule has 8 heteroatoms. The number of aromatic nitrogens is 4. The topological polar surface area (TPSA) is 61.4 Å². The molecule has 6 nitrogen and oxygen atoms in total. The Balaban J connectivity index is 1.74. The van der Waals surface area contributed by atoms with E-state index in [0.29, 0.717) is 39.6 Å². The summed E-state index contributed by atoms with van der Waals surface area (Å²) in [4.78, 5) is 16.8. The van der Waals surface area contributed by atoms with Crippen LogP contribution < -0.4 is 0 Å². The van der Waals surface area contributed by atoms with Gasteiger partial charge in [0.05, 0.1) is 16.4 Å². The average molecular weight is 381 g/mol. The fraction of sp³-hybridized carbons (Fsp3) is 0.353. The number of halogens is 2. The summed E-state index contributed by atoms with van der Waals surface area (Å²) in [6.07, 6.45) is 3.51. The molecule has 0 N–H and O–H groups in total. The van der Waals surface area contributed by atoms with Gasteiger partial charge < -0.3 is 9.14 Å². The van der Waals surface area contributed by atoms with Gasteiger partial charge in [0.25, 0.3) is 0 Å². The van der Waals surface area contributed by atoms with Gasteiger partial charge >= 0.3 is 5.97 Å². The number of fused-ring (bicyclic) bond motifs is 1. The monoisotopic (exact) mass is 380 g/mol. The van der Waals surface area contributed by atoms with Crippen LogP contribution in [0.25, 0.3) is 5.65 Å². The number of hydrogen-bond donors (Lipinski definition) is 0. The van der Waals surface area contributed by atoms with Crippen LogP contribution in [0.5, 0.6) is 0 Å². The van der Waals surface area contributed by atoms with Crippen molar-refractivity contribution in [3.63, 3.8) is 0 Å². The molecule has 132 valence electrons. The molecule has 0 aliphatic carbocycles. The molecule has 3 heterocycles. The summed E-state index contributed by atoms with van der Waals surface area (Å²) in [6, 6.07) is 3.55. The Morgan fingerprint density at radius 1 is 1.28 bits per heavy atom. The molecule has 3 aromatic heterocycles. The minimum atomic E-state index is -0.507. The first kappa shape index (κ1) is 17.8. The summed E-state index contributed by atoms with van der Waals surface area (Å²) in [5.41, 5.74) is 2.21. The molecule has 0 amide bonds. The molecule has 0 atom stereocenters. The number of nitrogens with zero attached hydrogens (tertiary/aromatic N) is 4. The number of hydrogen-bond acceptors (Lipinski definition) is 4. The Morgan fingerprint density at radius 2 is 2.04 bits per heavy atom. The van der Waals surface area contributed by atoms with Crippen LogP contribution in [0.15, 0.2) is 24.5 Å². The Kier molecular flexibility index (Phi) is 5.01. The number of rotatable bonds is 5.